The molecule has 0 atom stereocenters. The van der Waals surface area contributed by atoms with Crippen molar-refractivity contribution in [3.05, 3.63) is 47.8 Å². The summed E-state index contributed by atoms with van der Waals surface area (Å²) in [4.78, 5) is 14.3. The van der Waals surface area contributed by atoms with Crippen LogP contribution in [0.2, 0.25) is 0 Å². The van der Waals surface area contributed by atoms with Gasteiger partial charge in [0.1, 0.15) is 0 Å². The van der Waals surface area contributed by atoms with Crippen LogP contribution in [0.1, 0.15) is 15.9 Å². The Kier molecular flexibility index (Phi) is 2.45. The zero-order valence-electron chi connectivity index (χ0n) is 10.8. The Labute approximate surface area is 110 Å². The van der Waals surface area contributed by atoms with Gasteiger partial charge in [0, 0.05) is 30.3 Å². The Bertz CT molecular complexity index is 781. The van der Waals surface area contributed by atoms with E-state index < -0.39 is 5.97 Å². The summed E-state index contributed by atoms with van der Waals surface area (Å²) in [6.45, 7) is 1.85. The molecule has 2 N–H and O–H groups in total. The lowest BCUT2D eigenvalue weighted by molar-refractivity contribution is 0.0696. The van der Waals surface area contributed by atoms with Gasteiger partial charge in [0.25, 0.3) is 0 Å². The van der Waals surface area contributed by atoms with Crippen LogP contribution in [0, 0.1) is 6.92 Å². The molecule has 0 saturated carbocycles. The minimum atomic E-state index is -0.887. The molecule has 3 aromatic rings. The lowest BCUT2D eigenvalue weighted by Crippen LogP contribution is -1.95. The molecule has 0 unspecified atom stereocenters. The largest absolute Gasteiger partial charge is 0.478 e. The van der Waals surface area contributed by atoms with Gasteiger partial charge in [0.15, 0.2) is 0 Å². The summed E-state index contributed by atoms with van der Waals surface area (Å²) in [5.41, 5.74) is 4.20. The van der Waals surface area contributed by atoms with Crippen molar-refractivity contribution in [2.75, 3.05) is 0 Å². The van der Waals surface area contributed by atoms with Crippen LogP contribution >= 0.6 is 0 Å². The Morgan fingerprint density at radius 1 is 1.32 bits per heavy atom. The summed E-state index contributed by atoms with van der Waals surface area (Å²) in [6, 6.07) is 8.10. The third-order valence-electron chi connectivity index (χ3n) is 3.49. The molecule has 4 heteroatoms. The molecule has 2 aromatic heterocycles. The van der Waals surface area contributed by atoms with Gasteiger partial charge in [0.05, 0.1) is 11.3 Å². The quantitative estimate of drug-likeness (QED) is 0.738. The van der Waals surface area contributed by atoms with E-state index >= 15 is 0 Å². The molecule has 2 heterocycles. The van der Waals surface area contributed by atoms with Crippen molar-refractivity contribution in [1.82, 2.24) is 9.55 Å². The second kappa shape index (κ2) is 4.02. The Morgan fingerprint density at radius 2 is 2.11 bits per heavy atom. The number of aromatic amines is 1. The van der Waals surface area contributed by atoms with E-state index in [1.54, 1.807) is 6.20 Å². The van der Waals surface area contributed by atoms with E-state index in [2.05, 4.69) is 11.1 Å². The van der Waals surface area contributed by atoms with E-state index in [1.807, 2.05) is 42.9 Å². The van der Waals surface area contributed by atoms with E-state index in [9.17, 15) is 9.90 Å². The number of rotatable bonds is 2. The van der Waals surface area contributed by atoms with Gasteiger partial charge in [-0.15, -0.1) is 0 Å². The van der Waals surface area contributed by atoms with Crippen molar-refractivity contribution in [2.45, 2.75) is 6.92 Å². The van der Waals surface area contributed by atoms with Crippen LogP contribution in [0.4, 0.5) is 0 Å². The Hall–Kier alpha value is -2.49. The molecule has 96 valence electrons. The fourth-order valence-corrected chi connectivity index (χ4v) is 2.58. The average Bonchev–Trinajstić information content (AvgIpc) is 2.93. The summed E-state index contributed by atoms with van der Waals surface area (Å²) < 4.78 is 1.87. The zero-order valence-corrected chi connectivity index (χ0v) is 10.8. The Morgan fingerprint density at radius 3 is 2.79 bits per heavy atom. The number of H-pyrrole nitrogens is 1. The van der Waals surface area contributed by atoms with Crippen LogP contribution in [0.25, 0.3) is 22.2 Å². The van der Waals surface area contributed by atoms with E-state index in [0.29, 0.717) is 5.56 Å². The summed E-state index contributed by atoms with van der Waals surface area (Å²) in [5.74, 6) is -0.887. The summed E-state index contributed by atoms with van der Waals surface area (Å²) in [5, 5.41) is 10.3. The number of nitrogens with zero attached hydrogens (tertiary/aromatic N) is 1. The molecular weight excluding hydrogens is 240 g/mol. The molecule has 0 saturated heterocycles. The first-order chi connectivity index (χ1) is 9.08. The first kappa shape index (κ1) is 11.6. The summed E-state index contributed by atoms with van der Waals surface area (Å²) in [6.07, 6.45) is 3.56. The van der Waals surface area contributed by atoms with Crippen molar-refractivity contribution < 1.29 is 9.90 Å². The molecule has 19 heavy (non-hydrogen) atoms. The van der Waals surface area contributed by atoms with Crippen molar-refractivity contribution in [2.24, 2.45) is 7.05 Å². The predicted octanol–water partition coefficient (Wildman–Crippen LogP) is 3.18. The highest BCUT2D eigenvalue weighted by atomic mass is 16.4. The maximum Gasteiger partial charge on any atom is 0.337 e. The van der Waals surface area contributed by atoms with E-state index in [1.165, 1.54) is 0 Å². The molecule has 3 rings (SSSR count). The van der Waals surface area contributed by atoms with Gasteiger partial charge in [-0.2, -0.15) is 0 Å². The number of aromatic carboxylic acids is 1. The molecule has 0 aliphatic carbocycles. The first-order valence-corrected chi connectivity index (χ1v) is 6.04. The second-order valence-electron chi connectivity index (χ2n) is 4.71. The maximum atomic E-state index is 11.2. The number of aromatic nitrogens is 2. The number of carboxylic acids is 1. The predicted molar refractivity (Wildman–Crippen MR) is 74.4 cm³/mol. The number of carboxylic acid groups (broad SMARTS) is 1. The number of hydrogen-bond acceptors (Lipinski definition) is 1. The van der Waals surface area contributed by atoms with Gasteiger partial charge in [-0.25, -0.2) is 4.79 Å². The van der Waals surface area contributed by atoms with Crippen LogP contribution in [-0.2, 0) is 7.05 Å². The fraction of sp³-hybridized carbons (Fsp3) is 0.133. The molecule has 0 aliphatic heterocycles. The average molecular weight is 254 g/mol. The summed E-state index contributed by atoms with van der Waals surface area (Å²) in [7, 11) is 1.87. The number of fused-ring (bicyclic) bond motifs is 1. The van der Waals surface area contributed by atoms with Crippen molar-refractivity contribution in [3.8, 4) is 11.3 Å². The third-order valence-corrected chi connectivity index (χ3v) is 3.49. The molecule has 4 nitrogen and oxygen atoms in total. The topological polar surface area (TPSA) is 58.0 Å². The molecule has 0 radical (unpaired) electrons. The highest BCUT2D eigenvalue weighted by molar-refractivity contribution is 5.93. The van der Waals surface area contributed by atoms with E-state index in [-0.39, 0.29) is 0 Å². The minimum absolute atomic E-state index is 0.353. The standard InChI is InChI=1S/C15H14N2O2/c1-9-12(15(18)19)8-17(2)14(9)11-3-4-13-10(7-11)5-6-16-13/h3-8,16H,1-2H3,(H,18,19). The van der Waals surface area contributed by atoms with Gasteiger partial charge < -0.3 is 14.7 Å². The number of benzene rings is 1. The van der Waals surface area contributed by atoms with Gasteiger partial charge in [-0.05, 0) is 36.2 Å². The van der Waals surface area contributed by atoms with E-state index in [0.717, 1.165) is 27.7 Å². The lowest BCUT2D eigenvalue weighted by Gasteiger charge is -2.06. The highest BCUT2D eigenvalue weighted by Gasteiger charge is 2.16. The molecule has 0 fully saturated rings. The number of nitrogens with one attached hydrogen (secondary N) is 1. The number of aryl methyl sites for hydroxylation is 1. The van der Waals surface area contributed by atoms with Gasteiger partial charge in [0.2, 0.25) is 0 Å². The van der Waals surface area contributed by atoms with Crippen LogP contribution in [0.15, 0.2) is 36.7 Å². The van der Waals surface area contributed by atoms with Gasteiger partial charge >= 0.3 is 5.97 Å². The van der Waals surface area contributed by atoms with Crippen LogP contribution in [0.5, 0.6) is 0 Å². The second-order valence-corrected chi connectivity index (χ2v) is 4.71. The highest BCUT2D eigenvalue weighted by Crippen LogP contribution is 2.29. The van der Waals surface area contributed by atoms with Gasteiger partial charge in [-0.3, -0.25) is 0 Å². The SMILES string of the molecule is Cc1c(C(=O)O)cn(C)c1-c1ccc2[nH]ccc2c1. The van der Waals surface area contributed by atoms with Crippen LogP contribution < -0.4 is 0 Å². The summed E-state index contributed by atoms with van der Waals surface area (Å²) >= 11 is 0. The fourth-order valence-electron chi connectivity index (χ4n) is 2.58. The van der Waals surface area contributed by atoms with Crippen molar-refractivity contribution in [3.63, 3.8) is 0 Å². The lowest BCUT2D eigenvalue weighted by atomic mass is 10.0. The van der Waals surface area contributed by atoms with Gasteiger partial charge in [-0.1, -0.05) is 6.07 Å². The first-order valence-electron chi connectivity index (χ1n) is 6.04. The number of carbonyl (C=O) groups is 1. The molecule has 0 spiro atoms. The normalized spacial score (nSPS) is 11.1. The molecule has 1 aromatic carbocycles. The molecule has 0 amide bonds. The smallest absolute Gasteiger partial charge is 0.337 e. The number of hydrogen-bond donors (Lipinski definition) is 2. The van der Waals surface area contributed by atoms with Crippen LogP contribution in [-0.4, -0.2) is 20.6 Å². The molecule has 0 bridgehead atoms. The van der Waals surface area contributed by atoms with Crippen LogP contribution in [0.3, 0.4) is 0 Å². The van der Waals surface area contributed by atoms with E-state index in [4.69, 9.17) is 0 Å². The van der Waals surface area contributed by atoms with Crippen molar-refractivity contribution in [1.29, 1.82) is 0 Å². The molecule has 0 aliphatic rings. The Balaban J connectivity index is 2.23. The maximum absolute atomic E-state index is 11.2. The molecular formula is C15H14N2O2. The third kappa shape index (κ3) is 1.73. The van der Waals surface area contributed by atoms with Crippen molar-refractivity contribution >= 4 is 16.9 Å². The monoisotopic (exact) mass is 254 g/mol. The minimum Gasteiger partial charge on any atom is -0.478 e. The zero-order chi connectivity index (χ0) is 13.6.